The highest BCUT2D eigenvalue weighted by Gasteiger charge is 2.22. The fraction of sp³-hybridized carbons (Fsp3) is 0.500. The molecule has 0 radical (unpaired) electrons. The molecule has 4 heteroatoms. The number of primary amides is 1. The van der Waals surface area contributed by atoms with E-state index < -0.39 is 5.91 Å². The van der Waals surface area contributed by atoms with Crippen molar-refractivity contribution in [3.8, 4) is 0 Å². The Morgan fingerprint density at radius 2 is 2.06 bits per heavy atom. The number of nitrogen functional groups attached to an aromatic ring is 1. The number of carbonyl (C=O) groups is 1. The quantitative estimate of drug-likeness (QED) is 0.802. The number of hydrogen-bond acceptors (Lipinski definition) is 3. The van der Waals surface area contributed by atoms with Crippen molar-refractivity contribution in [2.45, 2.75) is 26.2 Å². The molecule has 2 rings (SSSR count). The molecule has 0 spiro atoms. The maximum Gasteiger partial charge on any atom is 0.250 e. The van der Waals surface area contributed by atoms with Crippen LogP contribution in [0.15, 0.2) is 18.2 Å². The second-order valence-electron chi connectivity index (χ2n) is 4.95. The van der Waals surface area contributed by atoms with Crippen molar-refractivity contribution < 1.29 is 4.79 Å². The van der Waals surface area contributed by atoms with Gasteiger partial charge in [-0.25, -0.2) is 0 Å². The molecule has 18 heavy (non-hydrogen) atoms. The second-order valence-corrected chi connectivity index (χ2v) is 4.95. The molecule has 0 bridgehead atoms. The largest absolute Gasteiger partial charge is 0.397 e. The minimum Gasteiger partial charge on any atom is -0.397 e. The molecule has 98 valence electrons. The van der Waals surface area contributed by atoms with Gasteiger partial charge in [0.05, 0.1) is 16.9 Å². The van der Waals surface area contributed by atoms with E-state index in [2.05, 4.69) is 11.8 Å². The average molecular weight is 247 g/mol. The first-order valence-electron chi connectivity index (χ1n) is 6.56. The standard InChI is InChI=1S/C14H21N3O/c1-2-10-6-8-17(9-7-10)13-11(14(16)18)4-3-5-12(13)15/h3-5,10H,2,6-9,15H2,1H3,(H2,16,18). The lowest BCUT2D eigenvalue weighted by atomic mass is 9.93. The predicted molar refractivity (Wildman–Crippen MR) is 74.6 cm³/mol. The lowest BCUT2D eigenvalue weighted by Crippen LogP contribution is -2.35. The maximum atomic E-state index is 11.5. The Morgan fingerprint density at radius 1 is 1.39 bits per heavy atom. The van der Waals surface area contributed by atoms with Crippen LogP contribution in [0, 0.1) is 5.92 Å². The zero-order valence-electron chi connectivity index (χ0n) is 10.9. The number of piperidine rings is 1. The van der Waals surface area contributed by atoms with E-state index in [0.717, 1.165) is 37.5 Å². The zero-order valence-corrected chi connectivity index (χ0v) is 10.9. The first-order valence-corrected chi connectivity index (χ1v) is 6.56. The molecule has 4 N–H and O–H groups in total. The number of carbonyl (C=O) groups excluding carboxylic acids is 1. The van der Waals surface area contributed by atoms with Gasteiger partial charge in [-0.15, -0.1) is 0 Å². The Bertz CT molecular complexity index is 437. The van der Waals surface area contributed by atoms with Gasteiger partial charge in [0.1, 0.15) is 0 Å². The van der Waals surface area contributed by atoms with Crippen LogP contribution in [0.5, 0.6) is 0 Å². The van der Waals surface area contributed by atoms with Gasteiger partial charge in [0.25, 0.3) is 5.91 Å². The minimum atomic E-state index is -0.407. The Hall–Kier alpha value is -1.71. The number of benzene rings is 1. The van der Waals surface area contributed by atoms with E-state index in [1.807, 2.05) is 6.07 Å². The summed E-state index contributed by atoms with van der Waals surface area (Å²) in [6.45, 7) is 4.13. The smallest absolute Gasteiger partial charge is 0.250 e. The summed E-state index contributed by atoms with van der Waals surface area (Å²) >= 11 is 0. The van der Waals surface area contributed by atoms with Gasteiger partial charge >= 0.3 is 0 Å². The average Bonchev–Trinajstić information content (AvgIpc) is 2.38. The van der Waals surface area contributed by atoms with Crippen molar-refractivity contribution in [2.24, 2.45) is 11.7 Å². The van der Waals surface area contributed by atoms with Crippen LogP contribution < -0.4 is 16.4 Å². The van der Waals surface area contributed by atoms with Crippen molar-refractivity contribution in [1.82, 2.24) is 0 Å². The molecular weight excluding hydrogens is 226 g/mol. The van der Waals surface area contributed by atoms with E-state index in [9.17, 15) is 4.79 Å². The van der Waals surface area contributed by atoms with Crippen LogP contribution >= 0.6 is 0 Å². The summed E-state index contributed by atoms with van der Waals surface area (Å²) in [6, 6.07) is 5.35. The van der Waals surface area contributed by atoms with E-state index in [-0.39, 0.29) is 0 Å². The Kier molecular flexibility index (Phi) is 3.75. The Labute approximate surface area is 108 Å². The van der Waals surface area contributed by atoms with E-state index in [1.165, 1.54) is 6.42 Å². The molecule has 0 aliphatic carbocycles. The third kappa shape index (κ3) is 2.42. The minimum absolute atomic E-state index is 0.407. The van der Waals surface area contributed by atoms with Crippen LogP contribution in [0.4, 0.5) is 11.4 Å². The third-order valence-electron chi connectivity index (χ3n) is 3.84. The van der Waals surface area contributed by atoms with Gasteiger partial charge in [-0.1, -0.05) is 19.4 Å². The Balaban J connectivity index is 2.26. The first kappa shape index (κ1) is 12.7. The second kappa shape index (κ2) is 5.29. The van der Waals surface area contributed by atoms with Crippen molar-refractivity contribution in [2.75, 3.05) is 23.7 Å². The maximum absolute atomic E-state index is 11.5. The van der Waals surface area contributed by atoms with Crippen molar-refractivity contribution in [3.05, 3.63) is 23.8 Å². The molecule has 1 fully saturated rings. The van der Waals surface area contributed by atoms with E-state index >= 15 is 0 Å². The number of rotatable bonds is 3. The molecule has 1 aliphatic rings. The summed E-state index contributed by atoms with van der Waals surface area (Å²) < 4.78 is 0. The normalized spacial score (nSPS) is 16.8. The van der Waals surface area contributed by atoms with Gasteiger partial charge in [0, 0.05) is 13.1 Å². The van der Waals surface area contributed by atoms with Crippen molar-refractivity contribution >= 4 is 17.3 Å². The number of hydrogen-bond donors (Lipinski definition) is 2. The number of amides is 1. The SMILES string of the molecule is CCC1CCN(c2c(N)cccc2C(N)=O)CC1. The lowest BCUT2D eigenvalue weighted by Gasteiger charge is -2.34. The third-order valence-corrected chi connectivity index (χ3v) is 3.84. The molecule has 1 aromatic rings. The molecule has 0 saturated carbocycles. The van der Waals surface area contributed by atoms with Gasteiger partial charge in [-0.05, 0) is 30.9 Å². The number of anilines is 2. The molecular formula is C14H21N3O. The molecule has 1 aromatic carbocycles. The van der Waals surface area contributed by atoms with E-state index in [1.54, 1.807) is 12.1 Å². The summed E-state index contributed by atoms with van der Waals surface area (Å²) in [5.74, 6) is 0.387. The summed E-state index contributed by atoms with van der Waals surface area (Å²) in [5, 5.41) is 0. The molecule has 0 atom stereocenters. The predicted octanol–water partition coefficient (Wildman–Crippen LogP) is 1.99. The molecule has 0 unspecified atom stereocenters. The highest BCUT2D eigenvalue weighted by Crippen LogP contribution is 2.32. The van der Waals surface area contributed by atoms with Gasteiger partial charge < -0.3 is 16.4 Å². The summed E-state index contributed by atoms with van der Waals surface area (Å²) in [7, 11) is 0. The van der Waals surface area contributed by atoms with Gasteiger partial charge in [-0.3, -0.25) is 4.79 Å². The summed E-state index contributed by atoms with van der Waals surface area (Å²) in [4.78, 5) is 13.7. The van der Waals surface area contributed by atoms with Gasteiger partial charge in [0.15, 0.2) is 0 Å². The fourth-order valence-electron chi connectivity index (χ4n) is 2.68. The van der Waals surface area contributed by atoms with Gasteiger partial charge in [-0.2, -0.15) is 0 Å². The molecule has 0 aromatic heterocycles. The van der Waals surface area contributed by atoms with Crippen LogP contribution in [0.2, 0.25) is 0 Å². The van der Waals surface area contributed by atoms with Gasteiger partial charge in [0.2, 0.25) is 0 Å². The topological polar surface area (TPSA) is 72.3 Å². The first-order chi connectivity index (χ1) is 8.63. The zero-order chi connectivity index (χ0) is 13.1. The molecule has 1 saturated heterocycles. The Morgan fingerprint density at radius 3 is 2.61 bits per heavy atom. The highest BCUT2D eigenvalue weighted by molar-refractivity contribution is 6.01. The molecule has 4 nitrogen and oxygen atoms in total. The van der Waals surface area contributed by atoms with E-state index in [0.29, 0.717) is 11.3 Å². The molecule has 1 aliphatic heterocycles. The number of nitrogens with zero attached hydrogens (tertiary/aromatic N) is 1. The monoisotopic (exact) mass is 247 g/mol. The van der Waals surface area contributed by atoms with Crippen molar-refractivity contribution in [3.63, 3.8) is 0 Å². The summed E-state index contributed by atoms with van der Waals surface area (Å²) in [5.41, 5.74) is 13.4. The van der Waals surface area contributed by atoms with Crippen molar-refractivity contribution in [1.29, 1.82) is 0 Å². The number of para-hydroxylation sites is 1. The lowest BCUT2D eigenvalue weighted by molar-refractivity contribution is 0.100. The van der Waals surface area contributed by atoms with E-state index in [4.69, 9.17) is 11.5 Å². The fourth-order valence-corrected chi connectivity index (χ4v) is 2.68. The van der Waals surface area contributed by atoms with Crippen LogP contribution in [-0.4, -0.2) is 19.0 Å². The van der Waals surface area contributed by atoms with Crippen LogP contribution in [0.3, 0.4) is 0 Å². The highest BCUT2D eigenvalue weighted by atomic mass is 16.1. The van der Waals surface area contributed by atoms with Crippen LogP contribution in [0.25, 0.3) is 0 Å². The van der Waals surface area contributed by atoms with Crippen LogP contribution in [-0.2, 0) is 0 Å². The van der Waals surface area contributed by atoms with Crippen LogP contribution in [0.1, 0.15) is 36.5 Å². The molecule has 1 amide bonds. The molecule has 1 heterocycles. The number of nitrogens with two attached hydrogens (primary N) is 2. The summed E-state index contributed by atoms with van der Waals surface area (Å²) in [6.07, 6.45) is 3.53.